The summed E-state index contributed by atoms with van der Waals surface area (Å²) in [6.45, 7) is 3.86. The fourth-order valence-corrected chi connectivity index (χ4v) is 1.82. The number of hydrogen-bond acceptors (Lipinski definition) is 2. The minimum Gasteiger partial charge on any atom is -0.459 e. The van der Waals surface area contributed by atoms with Gasteiger partial charge in [0.2, 0.25) is 0 Å². The van der Waals surface area contributed by atoms with Crippen LogP contribution in [0.15, 0.2) is 47.1 Å². The molecule has 0 radical (unpaired) electrons. The zero-order chi connectivity index (χ0) is 13.2. The molecule has 2 aromatic rings. The SMILES string of the molecule is CC(C)(NC(=O)c1ccco1)c1ccc(Cl)cc1. The molecular formula is C14H14ClNO2. The third-order valence-corrected chi connectivity index (χ3v) is 2.99. The molecule has 1 aromatic heterocycles. The van der Waals surface area contributed by atoms with Gasteiger partial charge in [0, 0.05) is 5.02 Å². The second kappa shape index (κ2) is 4.86. The lowest BCUT2D eigenvalue weighted by Gasteiger charge is -2.26. The molecule has 3 nitrogen and oxygen atoms in total. The fraction of sp³-hybridized carbons (Fsp3) is 0.214. The predicted octanol–water partition coefficient (Wildman–Crippen LogP) is 3.60. The van der Waals surface area contributed by atoms with E-state index in [1.165, 1.54) is 6.26 Å². The van der Waals surface area contributed by atoms with Crippen molar-refractivity contribution >= 4 is 17.5 Å². The first-order valence-corrected chi connectivity index (χ1v) is 5.99. The monoisotopic (exact) mass is 263 g/mol. The highest BCUT2D eigenvalue weighted by molar-refractivity contribution is 6.30. The molecule has 4 heteroatoms. The molecule has 1 aromatic carbocycles. The third-order valence-electron chi connectivity index (χ3n) is 2.74. The van der Waals surface area contributed by atoms with Gasteiger partial charge in [-0.25, -0.2) is 0 Å². The molecule has 0 unspecified atom stereocenters. The maximum absolute atomic E-state index is 11.9. The molecule has 0 aliphatic rings. The Morgan fingerprint density at radius 1 is 1.22 bits per heavy atom. The van der Waals surface area contributed by atoms with E-state index in [-0.39, 0.29) is 5.91 Å². The van der Waals surface area contributed by atoms with Crippen LogP contribution in [0.3, 0.4) is 0 Å². The molecular weight excluding hydrogens is 250 g/mol. The number of rotatable bonds is 3. The number of benzene rings is 1. The quantitative estimate of drug-likeness (QED) is 0.919. The number of carbonyl (C=O) groups excluding carboxylic acids is 1. The van der Waals surface area contributed by atoms with Gasteiger partial charge in [0.15, 0.2) is 5.76 Å². The minimum atomic E-state index is -0.492. The van der Waals surface area contributed by atoms with Gasteiger partial charge in [-0.1, -0.05) is 23.7 Å². The highest BCUT2D eigenvalue weighted by Crippen LogP contribution is 2.22. The standard InChI is InChI=1S/C14H14ClNO2/c1-14(2,10-5-7-11(15)8-6-10)16-13(17)12-4-3-9-18-12/h3-9H,1-2H3,(H,16,17). The molecule has 0 aliphatic carbocycles. The van der Waals surface area contributed by atoms with E-state index < -0.39 is 5.54 Å². The van der Waals surface area contributed by atoms with E-state index in [2.05, 4.69) is 5.32 Å². The van der Waals surface area contributed by atoms with Gasteiger partial charge < -0.3 is 9.73 Å². The molecule has 0 saturated carbocycles. The lowest BCUT2D eigenvalue weighted by molar-refractivity contribution is 0.0883. The van der Waals surface area contributed by atoms with Gasteiger partial charge in [0.05, 0.1) is 11.8 Å². The summed E-state index contributed by atoms with van der Waals surface area (Å²) in [4.78, 5) is 11.9. The van der Waals surface area contributed by atoms with Crippen LogP contribution >= 0.6 is 11.6 Å². The van der Waals surface area contributed by atoms with Crippen molar-refractivity contribution in [1.82, 2.24) is 5.32 Å². The summed E-state index contributed by atoms with van der Waals surface area (Å²) in [5.74, 6) is 0.0667. The van der Waals surface area contributed by atoms with E-state index in [0.29, 0.717) is 10.8 Å². The van der Waals surface area contributed by atoms with Crippen LogP contribution in [0.25, 0.3) is 0 Å². The molecule has 18 heavy (non-hydrogen) atoms. The number of carbonyl (C=O) groups is 1. The molecule has 1 N–H and O–H groups in total. The van der Waals surface area contributed by atoms with Crippen molar-refractivity contribution < 1.29 is 9.21 Å². The zero-order valence-corrected chi connectivity index (χ0v) is 11.0. The second-order valence-electron chi connectivity index (χ2n) is 4.56. The van der Waals surface area contributed by atoms with E-state index in [0.717, 1.165) is 5.56 Å². The van der Waals surface area contributed by atoms with Crippen LogP contribution in [0.4, 0.5) is 0 Å². The number of amides is 1. The molecule has 0 saturated heterocycles. The van der Waals surface area contributed by atoms with E-state index in [1.54, 1.807) is 24.3 Å². The highest BCUT2D eigenvalue weighted by atomic mass is 35.5. The van der Waals surface area contributed by atoms with Gasteiger partial charge in [-0.15, -0.1) is 0 Å². The fourth-order valence-electron chi connectivity index (χ4n) is 1.69. The van der Waals surface area contributed by atoms with E-state index in [1.807, 2.05) is 26.0 Å². The molecule has 0 aliphatic heterocycles. The van der Waals surface area contributed by atoms with Crippen molar-refractivity contribution in [3.63, 3.8) is 0 Å². The first-order valence-electron chi connectivity index (χ1n) is 5.61. The molecule has 0 bridgehead atoms. The van der Waals surface area contributed by atoms with Crippen LogP contribution in [-0.2, 0) is 5.54 Å². The summed E-state index contributed by atoms with van der Waals surface area (Å²) in [5, 5.41) is 3.59. The van der Waals surface area contributed by atoms with Gasteiger partial charge in [-0.3, -0.25) is 4.79 Å². The minimum absolute atomic E-state index is 0.236. The van der Waals surface area contributed by atoms with Gasteiger partial charge in [0.25, 0.3) is 5.91 Å². The van der Waals surface area contributed by atoms with Crippen molar-refractivity contribution in [2.75, 3.05) is 0 Å². The average molecular weight is 264 g/mol. The Morgan fingerprint density at radius 3 is 2.44 bits per heavy atom. The van der Waals surface area contributed by atoms with Crippen LogP contribution in [0.5, 0.6) is 0 Å². The van der Waals surface area contributed by atoms with Crippen LogP contribution < -0.4 is 5.32 Å². The third kappa shape index (κ3) is 2.74. The zero-order valence-electron chi connectivity index (χ0n) is 10.2. The lowest BCUT2D eigenvalue weighted by atomic mass is 9.94. The average Bonchev–Trinajstić information content (AvgIpc) is 2.82. The van der Waals surface area contributed by atoms with Gasteiger partial charge >= 0.3 is 0 Å². The number of hydrogen-bond donors (Lipinski definition) is 1. The Labute approximate surface area is 111 Å². The first-order chi connectivity index (χ1) is 8.49. The molecule has 2 rings (SSSR count). The largest absolute Gasteiger partial charge is 0.459 e. The second-order valence-corrected chi connectivity index (χ2v) is 5.00. The molecule has 0 fully saturated rings. The Hall–Kier alpha value is -1.74. The Balaban J connectivity index is 2.16. The Bertz CT molecular complexity index is 529. The summed E-state index contributed by atoms with van der Waals surface area (Å²) in [7, 11) is 0. The summed E-state index contributed by atoms with van der Waals surface area (Å²) in [5.41, 5.74) is 0.487. The Kier molecular flexibility index (Phi) is 3.43. The molecule has 0 spiro atoms. The highest BCUT2D eigenvalue weighted by Gasteiger charge is 2.24. The van der Waals surface area contributed by atoms with Crippen molar-refractivity contribution in [3.05, 3.63) is 59.0 Å². The topological polar surface area (TPSA) is 42.2 Å². The van der Waals surface area contributed by atoms with Gasteiger partial charge in [0.1, 0.15) is 0 Å². The molecule has 1 heterocycles. The predicted molar refractivity (Wildman–Crippen MR) is 70.7 cm³/mol. The number of halogens is 1. The van der Waals surface area contributed by atoms with Crippen molar-refractivity contribution in [2.45, 2.75) is 19.4 Å². The van der Waals surface area contributed by atoms with E-state index in [4.69, 9.17) is 16.0 Å². The van der Waals surface area contributed by atoms with Crippen LogP contribution in [0.1, 0.15) is 30.0 Å². The summed E-state index contributed by atoms with van der Waals surface area (Å²) >= 11 is 5.85. The van der Waals surface area contributed by atoms with Crippen LogP contribution in [0, 0.1) is 0 Å². The van der Waals surface area contributed by atoms with Crippen molar-refractivity contribution in [3.8, 4) is 0 Å². The van der Waals surface area contributed by atoms with Gasteiger partial charge in [-0.2, -0.15) is 0 Å². The first kappa shape index (κ1) is 12.7. The van der Waals surface area contributed by atoms with Gasteiger partial charge in [-0.05, 0) is 43.7 Å². The molecule has 0 atom stereocenters. The molecule has 1 amide bonds. The van der Waals surface area contributed by atoms with Crippen molar-refractivity contribution in [2.24, 2.45) is 0 Å². The van der Waals surface area contributed by atoms with Crippen molar-refractivity contribution in [1.29, 1.82) is 0 Å². The maximum atomic E-state index is 11.9. The van der Waals surface area contributed by atoms with E-state index >= 15 is 0 Å². The summed E-state index contributed by atoms with van der Waals surface area (Å²) in [6.07, 6.45) is 1.48. The number of nitrogens with one attached hydrogen (secondary N) is 1. The number of furan rings is 1. The van der Waals surface area contributed by atoms with Crippen LogP contribution in [-0.4, -0.2) is 5.91 Å². The summed E-state index contributed by atoms with van der Waals surface area (Å²) < 4.78 is 5.06. The molecule has 94 valence electrons. The lowest BCUT2D eigenvalue weighted by Crippen LogP contribution is -2.40. The normalized spacial score (nSPS) is 11.3. The van der Waals surface area contributed by atoms with Crippen LogP contribution in [0.2, 0.25) is 5.02 Å². The summed E-state index contributed by atoms with van der Waals surface area (Å²) in [6, 6.07) is 10.7. The Morgan fingerprint density at radius 2 is 1.89 bits per heavy atom. The van der Waals surface area contributed by atoms with E-state index in [9.17, 15) is 4.79 Å². The smallest absolute Gasteiger partial charge is 0.287 e. The maximum Gasteiger partial charge on any atom is 0.287 e.